The van der Waals surface area contributed by atoms with Crippen molar-refractivity contribution in [2.75, 3.05) is 40.3 Å². The van der Waals surface area contributed by atoms with Crippen LogP contribution in [0.15, 0.2) is 14.7 Å². The molecule has 2 aromatic heterocycles. The van der Waals surface area contributed by atoms with E-state index in [1.165, 1.54) is 28.2 Å². The molecule has 2 aliphatic heterocycles. The van der Waals surface area contributed by atoms with Crippen LogP contribution in [0.4, 0.5) is 0 Å². The number of nitrogens with zero attached hydrogens (tertiary/aromatic N) is 4. The zero-order valence-corrected chi connectivity index (χ0v) is 34.8. The predicted molar refractivity (Wildman–Crippen MR) is 219 cm³/mol. The zero-order chi connectivity index (χ0) is 41.8. The first kappa shape index (κ1) is 52.8. The van der Waals surface area contributed by atoms with Gasteiger partial charge in [0.05, 0.1) is 18.1 Å². The Labute approximate surface area is 327 Å². The number of H-pyrrole nitrogens is 2. The molecule has 16 heteroatoms. The third-order valence-electron chi connectivity index (χ3n) is 9.04. The Bertz CT molecular complexity index is 1680. The number of piperidine rings is 1. The van der Waals surface area contributed by atoms with E-state index in [-0.39, 0.29) is 65.3 Å². The average molecular weight is 778 g/mol. The molecule has 314 valence electrons. The van der Waals surface area contributed by atoms with E-state index in [1.54, 1.807) is 28.1 Å². The summed E-state index contributed by atoms with van der Waals surface area (Å²) in [7, 11) is 7.06. The van der Waals surface area contributed by atoms with Crippen molar-refractivity contribution in [3.8, 4) is 0 Å². The first-order valence-corrected chi connectivity index (χ1v) is 18.7. The Morgan fingerprint density at radius 3 is 1.80 bits per heavy atom. The molecule has 1 fully saturated rings. The van der Waals surface area contributed by atoms with Gasteiger partial charge in [0.2, 0.25) is 0 Å². The molecule has 2 atom stereocenters. The summed E-state index contributed by atoms with van der Waals surface area (Å²) in [5.41, 5.74) is 9.72. The van der Waals surface area contributed by atoms with Gasteiger partial charge >= 0.3 is 0 Å². The fourth-order valence-electron chi connectivity index (χ4n) is 5.52. The maximum Gasteiger partial charge on any atom is 0.269 e. The van der Waals surface area contributed by atoms with Crippen molar-refractivity contribution in [1.82, 2.24) is 35.2 Å². The van der Waals surface area contributed by atoms with E-state index in [0.29, 0.717) is 19.4 Å². The number of carbonyl (C=O) groups is 5. The van der Waals surface area contributed by atoms with Crippen molar-refractivity contribution in [1.29, 1.82) is 0 Å². The number of amides is 1. The van der Waals surface area contributed by atoms with E-state index >= 15 is 0 Å². The van der Waals surface area contributed by atoms with Crippen molar-refractivity contribution in [2.45, 2.75) is 114 Å². The number of nitrogens with one attached hydrogen (secondary N) is 4. The molecule has 0 spiro atoms. The minimum Gasteiger partial charge on any atom is -0.330 e. The molecule has 1 amide bonds. The molecule has 0 aromatic carbocycles. The van der Waals surface area contributed by atoms with Crippen LogP contribution in [-0.4, -0.2) is 99.6 Å². The molecule has 0 aliphatic carbocycles. The summed E-state index contributed by atoms with van der Waals surface area (Å²) in [5, 5.41) is 17.9. The first-order valence-electron chi connectivity index (χ1n) is 18.7. The molecule has 0 saturated carbocycles. The molecular weight excluding hydrogens is 706 g/mol. The van der Waals surface area contributed by atoms with Crippen LogP contribution in [0.2, 0.25) is 0 Å². The van der Waals surface area contributed by atoms with Gasteiger partial charge in [-0.1, -0.05) is 21.3 Å². The average Bonchev–Trinajstić information content (AvgIpc) is 3.61. The molecule has 6 N–H and O–H groups in total. The Hall–Kier alpha value is -4.28. The second-order valence-corrected chi connectivity index (χ2v) is 13.9. The molecule has 2 unspecified atom stereocenters. The lowest BCUT2D eigenvalue weighted by Crippen LogP contribution is -2.48. The van der Waals surface area contributed by atoms with Gasteiger partial charge in [-0.3, -0.25) is 53.1 Å². The summed E-state index contributed by atoms with van der Waals surface area (Å²) in [6, 6.07) is 0. The van der Waals surface area contributed by atoms with E-state index in [0.717, 1.165) is 80.0 Å². The summed E-state index contributed by atoms with van der Waals surface area (Å²) in [5.74, 6) is -0.212. The van der Waals surface area contributed by atoms with Crippen LogP contribution < -0.4 is 27.5 Å². The van der Waals surface area contributed by atoms with E-state index < -0.39 is 0 Å². The number of nitrogens with two attached hydrogens (primary N) is 1. The first-order chi connectivity index (χ1) is 25.2. The van der Waals surface area contributed by atoms with E-state index in [1.807, 2.05) is 41.7 Å². The van der Waals surface area contributed by atoms with Crippen LogP contribution in [0.25, 0.3) is 0 Å². The molecule has 0 radical (unpaired) electrons. The van der Waals surface area contributed by atoms with Crippen molar-refractivity contribution in [3.63, 3.8) is 0 Å². The number of aromatic nitrogens is 4. The number of rotatable bonds is 13. The summed E-state index contributed by atoms with van der Waals surface area (Å²) in [6.45, 7) is 17.2. The maximum atomic E-state index is 11.6. The minimum absolute atomic E-state index is 0. The normalized spacial score (nSPS) is 15.8. The molecule has 2 aromatic rings. The second kappa shape index (κ2) is 26.5. The largest absolute Gasteiger partial charge is 0.330 e. The lowest BCUT2D eigenvalue weighted by molar-refractivity contribution is -0.134. The Balaban J connectivity index is 0. The highest BCUT2D eigenvalue weighted by Crippen LogP contribution is 2.30. The Kier molecular flexibility index (Phi) is 25.5. The molecule has 2 aliphatic rings. The summed E-state index contributed by atoms with van der Waals surface area (Å²) < 4.78 is 2.99. The molecule has 55 heavy (non-hydrogen) atoms. The Morgan fingerprint density at radius 2 is 1.42 bits per heavy atom. The standard InChI is InChI=1S/C8H13N3O.C8H15N3O.C8H14O2.C7H13N3O.C7H12O2.CH4/c1-8-5-9-4-3-6(8)10-11(2)7(8)12;1-6-7(4-5-9-2)10-11(3)8(6)12;1-4-5-8(10)6(2)7(3)9;1-5-6(3-4-8)9-10(2)7(5)11;1-3-4-7(9)5-6(2)8;/h9H,3-5H2,1-2H3;9-10H,4-5H2,1-3H3;6H,4-5H2,1-3H3;9H,3-4,8H2,1-2H3;3-5H2,1-2H3;1H4. The highest BCUT2D eigenvalue weighted by Gasteiger charge is 2.46. The van der Waals surface area contributed by atoms with Gasteiger partial charge in [-0.2, -0.15) is 5.10 Å². The Morgan fingerprint density at radius 1 is 0.909 bits per heavy atom. The van der Waals surface area contributed by atoms with Crippen LogP contribution >= 0.6 is 0 Å². The maximum absolute atomic E-state index is 11.6. The van der Waals surface area contributed by atoms with Gasteiger partial charge in [0.15, 0.2) is 0 Å². The van der Waals surface area contributed by atoms with Crippen LogP contribution in [0.5, 0.6) is 0 Å². The topological polar surface area (TPSA) is 227 Å². The number of aryl methyl sites for hydroxylation is 2. The van der Waals surface area contributed by atoms with Crippen LogP contribution in [-0.2, 0) is 50.9 Å². The number of hydrogen-bond acceptors (Lipinski definition) is 11. The van der Waals surface area contributed by atoms with E-state index in [2.05, 4.69) is 25.9 Å². The SMILES string of the molecule is C.CCCC(=O)C(C)C(C)=O.CCCC(=O)CC(C)=O.CN1N=C2CCNCC2(C)C1=O.CNCCc1[nH]n(C)c(=O)c1C.Cc1c(CCN)[nH]n(C)c1=O. The number of ketones is 4. The van der Waals surface area contributed by atoms with E-state index in [9.17, 15) is 33.6 Å². The molecule has 4 rings (SSSR count). The number of likely N-dealkylation sites (N-methyl/N-ethyl adjacent to an activating group) is 1. The predicted octanol–water partition coefficient (Wildman–Crippen LogP) is 2.67. The summed E-state index contributed by atoms with van der Waals surface area (Å²) in [4.78, 5) is 76.6. The van der Waals surface area contributed by atoms with Crippen molar-refractivity contribution in [3.05, 3.63) is 43.2 Å². The van der Waals surface area contributed by atoms with Crippen molar-refractivity contribution in [2.24, 2.45) is 36.3 Å². The molecular formula is C39H71N9O7. The van der Waals surface area contributed by atoms with Crippen LogP contribution in [0, 0.1) is 25.2 Å². The van der Waals surface area contributed by atoms with Gasteiger partial charge in [-0.25, -0.2) is 5.01 Å². The van der Waals surface area contributed by atoms with Gasteiger partial charge in [-0.15, -0.1) is 0 Å². The van der Waals surface area contributed by atoms with Gasteiger partial charge in [0.1, 0.15) is 28.5 Å². The molecule has 4 heterocycles. The number of fused-ring (bicyclic) bond motifs is 1. The van der Waals surface area contributed by atoms with Gasteiger partial charge in [-0.05, 0) is 68.0 Å². The van der Waals surface area contributed by atoms with E-state index in [4.69, 9.17) is 5.73 Å². The third kappa shape index (κ3) is 17.4. The highest BCUT2D eigenvalue weighted by atomic mass is 16.2. The van der Waals surface area contributed by atoms with Crippen LogP contribution in [0.3, 0.4) is 0 Å². The lowest BCUT2D eigenvalue weighted by Gasteiger charge is -2.28. The smallest absolute Gasteiger partial charge is 0.269 e. The number of Topliss-reactive ketones (excluding diaryl/α,β-unsaturated/α-hetero) is 4. The summed E-state index contributed by atoms with van der Waals surface area (Å²) >= 11 is 0. The summed E-state index contributed by atoms with van der Waals surface area (Å²) in [6.07, 6.45) is 5.36. The fraction of sp³-hybridized carbons (Fsp3) is 0.692. The highest BCUT2D eigenvalue weighted by molar-refractivity contribution is 6.12. The minimum atomic E-state index is -0.389. The molecule has 1 saturated heterocycles. The van der Waals surface area contributed by atoms with Gasteiger partial charge < -0.3 is 16.4 Å². The monoisotopic (exact) mass is 778 g/mol. The molecule has 0 bridgehead atoms. The quantitative estimate of drug-likeness (QED) is 0.187. The lowest BCUT2D eigenvalue weighted by atomic mass is 9.81. The van der Waals surface area contributed by atoms with Crippen LogP contribution in [0.1, 0.15) is 110 Å². The second-order valence-electron chi connectivity index (χ2n) is 13.9. The number of aromatic amines is 2. The number of carbonyl (C=O) groups excluding carboxylic acids is 5. The zero-order valence-electron chi connectivity index (χ0n) is 34.8. The third-order valence-corrected chi connectivity index (χ3v) is 9.04. The van der Waals surface area contributed by atoms with Gasteiger partial charge in [0, 0.05) is 95.4 Å². The van der Waals surface area contributed by atoms with Gasteiger partial charge in [0.25, 0.3) is 17.0 Å². The molecule has 16 nitrogen and oxygen atoms in total. The fourth-order valence-corrected chi connectivity index (χ4v) is 5.52. The number of hydrazone groups is 1. The van der Waals surface area contributed by atoms with Crippen molar-refractivity contribution >= 4 is 34.8 Å². The van der Waals surface area contributed by atoms with Crippen molar-refractivity contribution < 1.29 is 24.0 Å². The number of hydrogen-bond donors (Lipinski definition) is 5.